The maximum Gasteiger partial charge on any atom is 0.356 e. The predicted octanol–water partition coefficient (Wildman–Crippen LogP) is 4.77. The van der Waals surface area contributed by atoms with Crippen LogP contribution in [0.3, 0.4) is 0 Å². The van der Waals surface area contributed by atoms with Crippen LogP contribution in [0.2, 0.25) is 0 Å². The van der Waals surface area contributed by atoms with Crippen molar-refractivity contribution in [3.05, 3.63) is 59.3 Å². The third-order valence-electron chi connectivity index (χ3n) is 5.40. The van der Waals surface area contributed by atoms with E-state index in [2.05, 4.69) is 15.1 Å². The Balaban J connectivity index is 2.10. The maximum absolute atomic E-state index is 13.5. The number of anilines is 1. The molecule has 0 fully saturated rings. The van der Waals surface area contributed by atoms with Gasteiger partial charge in [-0.25, -0.2) is 22.6 Å². The zero-order chi connectivity index (χ0) is 29.3. The summed E-state index contributed by atoms with van der Waals surface area (Å²) in [6.45, 7) is 12.1. The first-order valence-electron chi connectivity index (χ1n) is 12.1. The molecule has 0 bridgehead atoms. The predicted molar refractivity (Wildman–Crippen MR) is 146 cm³/mol. The molecule has 11 nitrogen and oxygen atoms in total. The van der Waals surface area contributed by atoms with Gasteiger partial charge in [0.25, 0.3) is 5.91 Å². The minimum absolute atomic E-state index is 0.0698. The number of nitrogens with one attached hydrogen (secondary N) is 2. The van der Waals surface area contributed by atoms with Gasteiger partial charge in [0.05, 0.1) is 12.6 Å². The second-order valence-corrected chi connectivity index (χ2v) is 12.6. The summed E-state index contributed by atoms with van der Waals surface area (Å²) in [5, 5.41) is 16.5. The number of rotatable bonds is 8. The summed E-state index contributed by atoms with van der Waals surface area (Å²) < 4.78 is 42.2. The zero-order valence-electron chi connectivity index (χ0n) is 23.2. The number of carbonyl (C=O) groups excluding carboxylic acids is 1. The molecule has 0 saturated heterocycles. The van der Waals surface area contributed by atoms with E-state index in [-0.39, 0.29) is 33.5 Å². The first kappa shape index (κ1) is 29.7. The number of amides is 1. The Morgan fingerprint density at radius 1 is 1.00 bits per heavy atom. The fraction of sp³-hybridized carbons (Fsp3) is 0.370. The second-order valence-electron chi connectivity index (χ2n) is 11.0. The number of aromatic nitrogens is 2. The molecule has 0 aliphatic rings. The molecular weight excluding hydrogens is 524 g/mol. The minimum Gasteiger partial charge on any atom is -0.497 e. The average molecular weight is 559 g/mol. The fourth-order valence-electron chi connectivity index (χ4n) is 3.65. The number of carboxylic acid groups (broad SMARTS) is 1. The smallest absolute Gasteiger partial charge is 0.356 e. The molecule has 3 aromatic rings. The van der Waals surface area contributed by atoms with Gasteiger partial charge in [-0.05, 0) is 90.9 Å². The van der Waals surface area contributed by atoms with Crippen LogP contribution < -0.4 is 19.5 Å². The lowest BCUT2D eigenvalue weighted by molar-refractivity contribution is 0.0687. The molecular formula is C27H34N4O7S. The number of benzene rings is 2. The Bertz CT molecular complexity index is 1500. The first-order valence-corrected chi connectivity index (χ1v) is 13.6. The van der Waals surface area contributed by atoms with E-state index in [1.54, 1.807) is 52.0 Å². The van der Waals surface area contributed by atoms with Gasteiger partial charge in [-0.3, -0.25) is 4.79 Å². The van der Waals surface area contributed by atoms with Crippen LogP contribution in [0.5, 0.6) is 17.4 Å². The van der Waals surface area contributed by atoms with Crippen molar-refractivity contribution in [3.8, 4) is 17.4 Å². The van der Waals surface area contributed by atoms with Gasteiger partial charge in [0.15, 0.2) is 5.69 Å². The summed E-state index contributed by atoms with van der Waals surface area (Å²) in [5.41, 5.74) is -0.910. The van der Waals surface area contributed by atoms with Gasteiger partial charge in [-0.15, -0.1) is 0 Å². The van der Waals surface area contributed by atoms with Crippen LogP contribution in [0.25, 0.3) is 0 Å². The Labute approximate surface area is 228 Å². The Hall–Kier alpha value is -3.90. The number of carbonyl (C=O) groups is 2. The molecule has 39 heavy (non-hydrogen) atoms. The third kappa shape index (κ3) is 6.95. The van der Waals surface area contributed by atoms with Crippen molar-refractivity contribution >= 4 is 27.6 Å². The second kappa shape index (κ2) is 10.7. The summed E-state index contributed by atoms with van der Waals surface area (Å²) in [7, 11) is -2.64. The lowest BCUT2D eigenvalue weighted by Crippen LogP contribution is -2.40. The molecule has 2 aromatic carbocycles. The Morgan fingerprint density at radius 2 is 1.62 bits per heavy atom. The van der Waals surface area contributed by atoms with E-state index in [4.69, 9.17) is 9.47 Å². The van der Waals surface area contributed by atoms with Crippen molar-refractivity contribution in [1.82, 2.24) is 14.5 Å². The van der Waals surface area contributed by atoms with Crippen LogP contribution in [0.15, 0.2) is 47.4 Å². The molecule has 0 radical (unpaired) electrons. The van der Waals surface area contributed by atoms with E-state index >= 15 is 0 Å². The Kier molecular flexibility index (Phi) is 8.13. The molecule has 210 valence electrons. The molecule has 0 aliphatic heterocycles. The number of nitrogens with zero attached hydrogens (tertiary/aromatic N) is 2. The molecule has 12 heteroatoms. The summed E-state index contributed by atoms with van der Waals surface area (Å²) >= 11 is 0. The van der Waals surface area contributed by atoms with Gasteiger partial charge in [0, 0.05) is 22.4 Å². The highest BCUT2D eigenvalue weighted by molar-refractivity contribution is 7.89. The highest BCUT2D eigenvalue weighted by atomic mass is 32.2. The van der Waals surface area contributed by atoms with Crippen molar-refractivity contribution in [2.75, 3.05) is 12.4 Å². The number of hydrogen-bond donors (Lipinski definition) is 3. The molecule has 1 heterocycles. The van der Waals surface area contributed by atoms with Crippen molar-refractivity contribution in [1.29, 1.82) is 0 Å². The fourth-order valence-corrected chi connectivity index (χ4v) is 5.22. The lowest BCUT2D eigenvalue weighted by Gasteiger charge is -2.24. The number of ether oxygens (including phenoxy) is 2. The van der Waals surface area contributed by atoms with E-state index in [0.29, 0.717) is 11.3 Å². The number of hydrogen-bond acceptors (Lipinski definition) is 7. The molecule has 0 spiro atoms. The molecule has 0 aliphatic carbocycles. The summed E-state index contributed by atoms with van der Waals surface area (Å²) in [6.07, 6.45) is 0. The average Bonchev–Trinajstić information content (AvgIpc) is 3.15. The largest absolute Gasteiger partial charge is 0.497 e. The quantitative estimate of drug-likeness (QED) is 0.358. The van der Waals surface area contributed by atoms with Crippen LogP contribution in [-0.4, -0.2) is 47.8 Å². The van der Waals surface area contributed by atoms with Gasteiger partial charge in [-0.2, -0.15) is 5.10 Å². The van der Waals surface area contributed by atoms with E-state index in [1.165, 1.54) is 30.0 Å². The van der Waals surface area contributed by atoms with Crippen LogP contribution in [0, 0.1) is 6.92 Å². The zero-order valence-corrected chi connectivity index (χ0v) is 24.1. The van der Waals surface area contributed by atoms with Crippen molar-refractivity contribution < 1.29 is 32.6 Å². The summed E-state index contributed by atoms with van der Waals surface area (Å²) in [4.78, 5) is 24.3. The van der Waals surface area contributed by atoms with Crippen LogP contribution >= 0.6 is 0 Å². The molecule has 3 rings (SSSR count). The van der Waals surface area contributed by atoms with E-state index < -0.39 is 33.0 Å². The number of sulfonamides is 1. The molecule has 1 aromatic heterocycles. The molecule has 0 unspecified atom stereocenters. The standard InChI is InChI=1S/C27H34N4O7S/c1-16-22(25(33)34)29-31(27(5,6)7)24(16)38-20-14-11-18(15-21(20)39(35,36)30-26(2,3)4)28-23(32)17-9-12-19(37-8)13-10-17/h9-15,30H,1-8H3,(H,28,32)(H,33,34). The number of methoxy groups -OCH3 is 1. The van der Waals surface area contributed by atoms with Gasteiger partial charge in [-0.1, -0.05) is 0 Å². The minimum atomic E-state index is -4.16. The van der Waals surface area contributed by atoms with Gasteiger partial charge >= 0.3 is 5.97 Å². The van der Waals surface area contributed by atoms with Gasteiger partial charge in [0.1, 0.15) is 16.4 Å². The van der Waals surface area contributed by atoms with Crippen molar-refractivity contribution in [2.24, 2.45) is 0 Å². The first-order chi connectivity index (χ1) is 17.9. The van der Waals surface area contributed by atoms with Gasteiger partial charge in [0.2, 0.25) is 15.9 Å². The normalized spacial score (nSPS) is 12.2. The van der Waals surface area contributed by atoms with Crippen LogP contribution in [0.1, 0.15) is 68.0 Å². The van der Waals surface area contributed by atoms with Crippen molar-refractivity contribution in [3.63, 3.8) is 0 Å². The molecule has 0 atom stereocenters. The van der Waals surface area contributed by atoms with E-state index in [1.807, 2.05) is 20.8 Å². The van der Waals surface area contributed by atoms with Crippen LogP contribution in [-0.2, 0) is 15.6 Å². The molecule has 0 saturated carbocycles. The highest BCUT2D eigenvalue weighted by Crippen LogP contribution is 2.36. The topological polar surface area (TPSA) is 149 Å². The van der Waals surface area contributed by atoms with Gasteiger partial charge < -0.3 is 19.9 Å². The van der Waals surface area contributed by atoms with Crippen LogP contribution in [0.4, 0.5) is 5.69 Å². The SMILES string of the molecule is COc1ccc(C(=O)Nc2ccc(Oc3c(C)c(C(=O)O)nn3C(C)(C)C)c(S(=O)(=O)NC(C)(C)C)c2)cc1. The third-order valence-corrected chi connectivity index (χ3v) is 7.18. The summed E-state index contributed by atoms with van der Waals surface area (Å²) in [6, 6.07) is 10.6. The maximum atomic E-state index is 13.5. The highest BCUT2D eigenvalue weighted by Gasteiger charge is 2.31. The molecule has 3 N–H and O–H groups in total. The van der Waals surface area contributed by atoms with E-state index in [9.17, 15) is 23.1 Å². The monoisotopic (exact) mass is 558 g/mol. The summed E-state index contributed by atoms with van der Waals surface area (Å²) in [5.74, 6) is -1.09. The lowest BCUT2D eigenvalue weighted by atomic mass is 10.1. The van der Waals surface area contributed by atoms with E-state index in [0.717, 1.165) is 0 Å². The molecule has 1 amide bonds. The number of carboxylic acids is 1. The number of aromatic carboxylic acids is 1. The van der Waals surface area contributed by atoms with Crippen molar-refractivity contribution in [2.45, 2.75) is 64.4 Å². The Morgan fingerprint density at radius 3 is 2.13 bits per heavy atom.